The number of alkyl halides is 3. The largest absolute Gasteiger partial charge is 0.416 e. The Kier molecular flexibility index (Phi) is 4.75. The molecule has 0 aliphatic carbocycles. The minimum Gasteiger partial charge on any atom is -0.357 e. The Morgan fingerprint density at radius 2 is 1.85 bits per heavy atom. The van der Waals surface area contributed by atoms with Crippen molar-refractivity contribution in [3.8, 4) is 11.3 Å². The Morgan fingerprint density at radius 3 is 2.50 bits per heavy atom. The van der Waals surface area contributed by atoms with E-state index >= 15 is 0 Å². The maximum absolute atomic E-state index is 13.0. The Bertz CT molecular complexity index is 910. The minimum absolute atomic E-state index is 0.331. The molecule has 2 aromatic heterocycles. The monoisotopic (exact) mass is 359 g/mol. The zero-order valence-electron chi connectivity index (χ0n) is 14.1. The summed E-state index contributed by atoms with van der Waals surface area (Å²) in [6.45, 7) is 1.73. The van der Waals surface area contributed by atoms with Crippen molar-refractivity contribution in [3.05, 3.63) is 59.9 Å². The molecule has 0 aliphatic rings. The summed E-state index contributed by atoms with van der Waals surface area (Å²) in [6, 6.07) is 8.83. The summed E-state index contributed by atoms with van der Waals surface area (Å²) >= 11 is 0. The van der Waals surface area contributed by atoms with Crippen molar-refractivity contribution in [2.45, 2.75) is 13.1 Å². The predicted octanol–water partition coefficient (Wildman–Crippen LogP) is 4.65. The first-order valence-electron chi connectivity index (χ1n) is 7.79. The second kappa shape index (κ2) is 6.99. The van der Waals surface area contributed by atoms with Gasteiger partial charge in [-0.05, 0) is 36.8 Å². The third-order valence-corrected chi connectivity index (χ3v) is 3.73. The van der Waals surface area contributed by atoms with Gasteiger partial charge in [0.05, 0.1) is 11.3 Å². The fourth-order valence-electron chi connectivity index (χ4n) is 2.36. The van der Waals surface area contributed by atoms with E-state index in [1.54, 1.807) is 38.5 Å². The molecule has 0 aliphatic heterocycles. The first kappa shape index (κ1) is 17.7. The van der Waals surface area contributed by atoms with Crippen LogP contribution in [0.15, 0.2) is 48.8 Å². The van der Waals surface area contributed by atoms with E-state index < -0.39 is 11.7 Å². The number of hydrogen-bond donors (Lipinski definition) is 2. The first-order valence-corrected chi connectivity index (χ1v) is 7.79. The van der Waals surface area contributed by atoms with Crippen molar-refractivity contribution < 1.29 is 13.2 Å². The van der Waals surface area contributed by atoms with E-state index in [4.69, 9.17) is 0 Å². The number of nitrogens with zero attached hydrogens (tertiary/aromatic N) is 3. The molecule has 1 aromatic carbocycles. The molecule has 134 valence electrons. The van der Waals surface area contributed by atoms with Crippen molar-refractivity contribution in [1.29, 1.82) is 0 Å². The minimum atomic E-state index is -4.41. The average molecular weight is 359 g/mol. The molecule has 0 radical (unpaired) electrons. The maximum atomic E-state index is 13.0. The number of benzene rings is 1. The van der Waals surface area contributed by atoms with Crippen LogP contribution in [0, 0.1) is 6.92 Å². The van der Waals surface area contributed by atoms with E-state index in [9.17, 15) is 13.2 Å². The molecule has 5 nitrogen and oxygen atoms in total. The van der Waals surface area contributed by atoms with E-state index in [1.165, 1.54) is 6.07 Å². The highest BCUT2D eigenvalue weighted by Gasteiger charge is 2.30. The van der Waals surface area contributed by atoms with Gasteiger partial charge in [-0.1, -0.05) is 6.07 Å². The lowest BCUT2D eigenvalue weighted by atomic mass is 10.1. The summed E-state index contributed by atoms with van der Waals surface area (Å²) in [5, 5.41) is 5.81. The second-order valence-electron chi connectivity index (χ2n) is 5.61. The summed E-state index contributed by atoms with van der Waals surface area (Å²) in [6.07, 6.45) is -1.11. The van der Waals surface area contributed by atoms with Gasteiger partial charge in [0.15, 0.2) is 0 Å². The third kappa shape index (κ3) is 3.90. The summed E-state index contributed by atoms with van der Waals surface area (Å²) in [4.78, 5) is 12.7. The van der Waals surface area contributed by atoms with Gasteiger partial charge < -0.3 is 10.6 Å². The molecule has 2 heterocycles. The van der Waals surface area contributed by atoms with Crippen molar-refractivity contribution in [2.75, 3.05) is 17.7 Å². The number of nitrogens with one attached hydrogen (secondary N) is 2. The number of aryl methyl sites for hydroxylation is 1. The number of pyridine rings is 1. The lowest BCUT2D eigenvalue weighted by molar-refractivity contribution is -0.137. The second-order valence-corrected chi connectivity index (χ2v) is 5.61. The molecule has 2 N–H and O–H groups in total. The molecule has 26 heavy (non-hydrogen) atoms. The molecule has 0 unspecified atom stereocenters. The van der Waals surface area contributed by atoms with Crippen LogP contribution < -0.4 is 10.6 Å². The third-order valence-electron chi connectivity index (χ3n) is 3.73. The van der Waals surface area contributed by atoms with Crippen LogP contribution in [0.3, 0.4) is 0 Å². The highest BCUT2D eigenvalue weighted by Crippen LogP contribution is 2.33. The van der Waals surface area contributed by atoms with Crippen molar-refractivity contribution in [2.24, 2.45) is 0 Å². The van der Waals surface area contributed by atoms with Gasteiger partial charge in [-0.3, -0.25) is 4.98 Å². The summed E-state index contributed by atoms with van der Waals surface area (Å²) in [5.74, 6) is 0.726. The summed E-state index contributed by atoms with van der Waals surface area (Å²) in [5.41, 5.74) is 1.66. The van der Waals surface area contributed by atoms with Crippen LogP contribution in [0.25, 0.3) is 11.3 Å². The van der Waals surface area contributed by atoms with E-state index in [-0.39, 0.29) is 0 Å². The molecule has 3 rings (SSSR count). The number of halogens is 3. The van der Waals surface area contributed by atoms with Crippen molar-refractivity contribution >= 4 is 17.5 Å². The van der Waals surface area contributed by atoms with Crippen LogP contribution in [0.5, 0.6) is 0 Å². The van der Waals surface area contributed by atoms with Gasteiger partial charge in [0, 0.05) is 36.8 Å². The topological polar surface area (TPSA) is 62.7 Å². The lowest BCUT2D eigenvalue weighted by Crippen LogP contribution is -2.07. The molecule has 0 amide bonds. The van der Waals surface area contributed by atoms with E-state index in [0.29, 0.717) is 28.7 Å². The number of anilines is 3. The maximum Gasteiger partial charge on any atom is 0.416 e. The van der Waals surface area contributed by atoms with Gasteiger partial charge in [0.2, 0.25) is 5.95 Å². The molecule has 3 aromatic rings. The predicted molar refractivity (Wildman–Crippen MR) is 94.3 cm³/mol. The van der Waals surface area contributed by atoms with Gasteiger partial charge >= 0.3 is 6.18 Å². The zero-order valence-corrected chi connectivity index (χ0v) is 14.1. The van der Waals surface area contributed by atoms with Crippen molar-refractivity contribution in [1.82, 2.24) is 15.0 Å². The highest BCUT2D eigenvalue weighted by molar-refractivity contribution is 5.68. The molecule has 0 spiro atoms. The summed E-state index contributed by atoms with van der Waals surface area (Å²) < 4.78 is 38.9. The Labute approximate surface area is 148 Å². The SMILES string of the molecule is CNc1nc(Nc2cc(C(F)(F)F)ccc2C)cc(-c2cccnc2)n1. The molecule has 0 saturated carbocycles. The smallest absolute Gasteiger partial charge is 0.357 e. The van der Waals surface area contributed by atoms with Gasteiger partial charge in [0.1, 0.15) is 5.82 Å². The molecule has 0 atom stereocenters. The lowest BCUT2D eigenvalue weighted by Gasteiger charge is -2.14. The molecule has 0 saturated heterocycles. The highest BCUT2D eigenvalue weighted by atomic mass is 19.4. The Balaban J connectivity index is 2.00. The van der Waals surface area contributed by atoms with Crippen LogP contribution in [0.4, 0.5) is 30.6 Å². The van der Waals surface area contributed by atoms with Crippen LogP contribution in [-0.2, 0) is 6.18 Å². The molecule has 0 fully saturated rings. The van der Waals surface area contributed by atoms with Crippen LogP contribution >= 0.6 is 0 Å². The van der Waals surface area contributed by atoms with Gasteiger partial charge in [-0.25, -0.2) is 4.98 Å². The van der Waals surface area contributed by atoms with E-state index in [0.717, 1.165) is 17.7 Å². The molecule has 8 heteroatoms. The standard InChI is InChI=1S/C18H16F3N5/c1-11-5-6-13(18(19,20)21)8-14(11)24-16-9-15(25-17(22-2)26-16)12-4-3-7-23-10-12/h3-10H,1-2H3,(H2,22,24,25,26). The van der Waals surface area contributed by atoms with E-state index in [1.807, 2.05) is 6.07 Å². The van der Waals surface area contributed by atoms with Gasteiger partial charge in [-0.2, -0.15) is 18.2 Å². The molecule has 0 bridgehead atoms. The normalized spacial score (nSPS) is 11.3. The van der Waals surface area contributed by atoms with Crippen LogP contribution in [0.2, 0.25) is 0 Å². The van der Waals surface area contributed by atoms with Crippen LogP contribution in [0.1, 0.15) is 11.1 Å². The van der Waals surface area contributed by atoms with Gasteiger partial charge in [0.25, 0.3) is 0 Å². The summed E-state index contributed by atoms with van der Waals surface area (Å²) in [7, 11) is 1.67. The fraction of sp³-hybridized carbons (Fsp3) is 0.167. The quantitative estimate of drug-likeness (QED) is 0.710. The number of rotatable bonds is 4. The molecular formula is C18H16F3N5. The number of aromatic nitrogens is 3. The van der Waals surface area contributed by atoms with Gasteiger partial charge in [-0.15, -0.1) is 0 Å². The first-order chi connectivity index (χ1) is 12.4. The van der Waals surface area contributed by atoms with E-state index in [2.05, 4.69) is 25.6 Å². The number of hydrogen-bond acceptors (Lipinski definition) is 5. The molecular weight excluding hydrogens is 343 g/mol. The zero-order chi connectivity index (χ0) is 18.7. The van der Waals surface area contributed by atoms with Crippen LogP contribution in [-0.4, -0.2) is 22.0 Å². The van der Waals surface area contributed by atoms with Crippen molar-refractivity contribution in [3.63, 3.8) is 0 Å². The Hall–Kier alpha value is -3.16. The Morgan fingerprint density at radius 1 is 1.04 bits per heavy atom. The fourth-order valence-corrected chi connectivity index (χ4v) is 2.36. The average Bonchev–Trinajstić information content (AvgIpc) is 2.63.